The lowest BCUT2D eigenvalue weighted by atomic mass is 10.3. The number of rotatable bonds is 4. The van der Waals surface area contributed by atoms with E-state index in [0.717, 1.165) is 4.47 Å². The number of halogens is 4. The molecule has 0 saturated carbocycles. The second kappa shape index (κ2) is 7.11. The predicted octanol–water partition coefficient (Wildman–Crippen LogP) is 4.95. The summed E-state index contributed by atoms with van der Waals surface area (Å²) in [5, 5.41) is 6.21. The summed E-state index contributed by atoms with van der Waals surface area (Å²) < 4.78 is 13.7. The van der Waals surface area contributed by atoms with Gasteiger partial charge in [-0.25, -0.2) is 4.39 Å². The molecular formula is C14H10BrCl2FN2O. The van der Waals surface area contributed by atoms with Gasteiger partial charge in [0.25, 0.3) is 0 Å². The largest absolute Gasteiger partial charge is 0.374 e. The van der Waals surface area contributed by atoms with Crippen LogP contribution in [0.5, 0.6) is 0 Å². The topological polar surface area (TPSA) is 41.1 Å². The van der Waals surface area contributed by atoms with Crippen LogP contribution in [0.1, 0.15) is 0 Å². The normalized spacial score (nSPS) is 10.3. The SMILES string of the molecule is O=C(CNc1c(Cl)cc(Br)cc1Cl)Nc1cccc(F)c1. The van der Waals surface area contributed by atoms with Crippen LogP contribution in [0.3, 0.4) is 0 Å². The molecule has 0 heterocycles. The fourth-order valence-electron chi connectivity index (χ4n) is 1.65. The van der Waals surface area contributed by atoms with Gasteiger partial charge in [-0.3, -0.25) is 4.79 Å². The van der Waals surface area contributed by atoms with Gasteiger partial charge in [0.2, 0.25) is 5.91 Å². The fraction of sp³-hybridized carbons (Fsp3) is 0.0714. The van der Waals surface area contributed by atoms with Crippen LogP contribution in [0.25, 0.3) is 0 Å². The maximum atomic E-state index is 13.0. The lowest BCUT2D eigenvalue weighted by molar-refractivity contribution is -0.114. The van der Waals surface area contributed by atoms with Crippen molar-refractivity contribution < 1.29 is 9.18 Å². The fourth-order valence-corrected chi connectivity index (χ4v) is 2.99. The molecule has 0 aliphatic rings. The number of nitrogens with one attached hydrogen (secondary N) is 2. The van der Waals surface area contributed by atoms with Crippen molar-refractivity contribution in [2.45, 2.75) is 0 Å². The smallest absolute Gasteiger partial charge is 0.243 e. The first kappa shape index (κ1) is 16.1. The molecule has 0 bridgehead atoms. The van der Waals surface area contributed by atoms with E-state index in [9.17, 15) is 9.18 Å². The molecule has 0 spiro atoms. The Morgan fingerprint density at radius 2 is 1.86 bits per heavy atom. The first-order chi connectivity index (χ1) is 9.95. The number of hydrogen-bond acceptors (Lipinski definition) is 2. The van der Waals surface area contributed by atoms with Crippen molar-refractivity contribution in [3.05, 3.63) is 56.7 Å². The lowest BCUT2D eigenvalue weighted by Crippen LogP contribution is -2.22. The Morgan fingerprint density at radius 1 is 1.19 bits per heavy atom. The molecule has 0 atom stereocenters. The summed E-state index contributed by atoms with van der Waals surface area (Å²) in [6.45, 7) is -0.0441. The van der Waals surface area contributed by atoms with Gasteiger partial charge in [0, 0.05) is 10.2 Å². The predicted molar refractivity (Wildman–Crippen MR) is 87.7 cm³/mol. The van der Waals surface area contributed by atoms with E-state index >= 15 is 0 Å². The van der Waals surface area contributed by atoms with Crippen molar-refractivity contribution in [3.63, 3.8) is 0 Å². The first-order valence-electron chi connectivity index (χ1n) is 5.89. The molecule has 0 aliphatic heterocycles. The second-order valence-corrected chi connectivity index (χ2v) is 5.89. The highest BCUT2D eigenvalue weighted by Crippen LogP contribution is 2.33. The van der Waals surface area contributed by atoms with E-state index in [1.807, 2.05) is 0 Å². The Morgan fingerprint density at radius 3 is 2.48 bits per heavy atom. The Bertz CT molecular complexity index is 659. The molecular weight excluding hydrogens is 382 g/mol. The van der Waals surface area contributed by atoms with E-state index in [1.54, 1.807) is 18.2 Å². The van der Waals surface area contributed by atoms with Crippen LogP contribution >= 0.6 is 39.1 Å². The van der Waals surface area contributed by atoms with Crippen LogP contribution < -0.4 is 10.6 Å². The molecule has 7 heteroatoms. The van der Waals surface area contributed by atoms with Crippen molar-refractivity contribution in [1.82, 2.24) is 0 Å². The van der Waals surface area contributed by atoms with Crippen molar-refractivity contribution >= 4 is 56.4 Å². The van der Waals surface area contributed by atoms with Crippen LogP contribution in [0.2, 0.25) is 10.0 Å². The minimum atomic E-state index is -0.417. The monoisotopic (exact) mass is 390 g/mol. The molecule has 2 rings (SSSR count). The van der Waals surface area contributed by atoms with Gasteiger partial charge in [0.1, 0.15) is 5.82 Å². The Balaban J connectivity index is 1.99. The molecule has 3 nitrogen and oxygen atoms in total. The van der Waals surface area contributed by atoms with E-state index in [2.05, 4.69) is 26.6 Å². The molecule has 2 N–H and O–H groups in total. The Labute approximate surface area is 139 Å². The highest BCUT2D eigenvalue weighted by atomic mass is 79.9. The molecule has 2 aromatic carbocycles. The molecule has 110 valence electrons. The molecule has 2 aromatic rings. The van der Waals surface area contributed by atoms with Gasteiger partial charge in [0.15, 0.2) is 0 Å². The molecule has 0 fully saturated rings. The number of carbonyl (C=O) groups is 1. The number of anilines is 2. The van der Waals surface area contributed by atoms with E-state index in [-0.39, 0.29) is 12.5 Å². The van der Waals surface area contributed by atoms with Gasteiger partial charge in [-0.05, 0) is 30.3 Å². The first-order valence-corrected chi connectivity index (χ1v) is 7.44. The third-order valence-corrected chi connectivity index (χ3v) is 3.59. The summed E-state index contributed by atoms with van der Waals surface area (Å²) in [7, 11) is 0. The van der Waals surface area contributed by atoms with Gasteiger partial charge in [-0.2, -0.15) is 0 Å². The van der Waals surface area contributed by atoms with E-state index < -0.39 is 5.82 Å². The van der Waals surface area contributed by atoms with Crippen molar-refractivity contribution in [2.75, 3.05) is 17.2 Å². The number of benzene rings is 2. The van der Waals surface area contributed by atoms with Crippen LogP contribution in [0.4, 0.5) is 15.8 Å². The standard InChI is InChI=1S/C14H10BrCl2FN2O/c15-8-4-11(16)14(12(17)5-8)19-7-13(21)20-10-3-1-2-9(18)6-10/h1-6,19H,7H2,(H,20,21). The molecule has 0 aromatic heterocycles. The summed E-state index contributed by atoms with van der Waals surface area (Å²) in [6, 6.07) is 8.98. The second-order valence-electron chi connectivity index (χ2n) is 4.16. The van der Waals surface area contributed by atoms with Crippen molar-refractivity contribution in [2.24, 2.45) is 0 Å². The van der Waals surface area contributed by atoms with Gasteiger partial charge >= 0.3 is 0 Å². The van der Waals surface area contributed by atoms with Gasteiger partial charge in [0.05, 0.1) is 22.3 Å². The average molecular weight is 392 g/mol. The quantitative estimate of drug-likeness (QED) is 0.774. The molecule has 1 amide bonds. The zero-order valence-corrected chi connectivity index (χ0v) is 13.7. The zero-order chi connectivity index (χ0) is 15.4. The van der Waals surface area contributed by atoms with E-state index in [1.165, 1.54) is 18.2 Å². The minimum Gasteiger partial charge on any atom is -0.374 e. The third kappa shape index (κ3) is 4.59. The van der Waals surface area contributed by atoms with Crippen LogP contribution in [0.15, 0.2) is 40.9 Å². The van der Waals surface area contributed by atoms with Crippen LogP contribution in [-0.4, -0.2) is 12.5 Å². The maximum Gasteiger partial charge on any atom is 0.243 e. The summed E-state index contributed by atoms with van der Waals surface area (Å²) in [6.07, 6.45) is 0. The summed E-state index contributed by atoms with van der Waals surface area (Å²) in [4.78, 5) is 11.8. The minimum absolute atomic E-state index is 0.0441. The van der Waals surface area contributed by atoms with E-state index in [4.69, 9.17) is 23.2 Å². The maximum absolute atomic E-state index is 13.0. The highest BCUT2D eigenvalue weighted by Gasteiger charge is 2.09. The zero-order valence-electron chi connectivity index (χ0n) is 10.6. The van der Waals surface area contributed by atoms with Gasteiger partial charge in [-0.1, -0.05) is 45.2 Å². The average Bonchev–Trinajstić information content (AvgIpc) is 2.37. The lowest BCUT2D eigenvalue weighted by Gasteiger charge is -2.11. The number of hydrogen-bond donors (Lipinski definition) is 2. The summed E-state index contributed by atoms with van der Waals surface area (Å²) in [5.41, 5.74) is 0.853. The van der Waals surface area contributed by atoms with Crippen molar-refractivity contribution in [1.29, 1.82) is 0 Å². The summed E-state index contributed by atoms with van der Waals surface area (Å²) in [5.74, 6) is -0.754. The van der Waals surface area contributed by atoms with Gasteiger partial charge < -0.3 is 10.6 Å². The number of amides is 1. The Hall–Kier alpha value is -1.30. The molecule has 21 heavy (non-hydrogen) atoms. The summed E-state index contributed by atoms with van der Waals surface area (Å²) >= 11 is 15.3. The van der Waals surface area contributed by atoms with Gasteiger partial charge in [-0.15, -0.1) is 0 Å². The Kier molecular flexibility index (Phi) is 5.45. The molecule has 0 unspecified atom stereocenters. The third-order valence-electron chi connectivity index (χ3n) is 2.54. The van der Waals surface area contributed by atoms with Crippen LogP contribution in [-0.2, 0) is 4.79 Å². The molecule has 0 radical (unpaired) electrons. The molecule has 0 aliphatic carbocycles. The number of carbonyl (C=O) groups excluding carboxylic acids is 1. The van der Waals surface area contributed by atoms with Crippen molar-refractivity contribution in [3.8, 4) is 0 Å². The van der Waals surface area contributed by atoms with E-state index in [0.29, 0.717) is 21.4 Å². The molecule has 0 saturated heterocycles. The van der Waals surface area contributed by atoms with Crippen LogP contribution in [0, 0.1) is 5.82 Å². The highest BCUT2D eigenvalue weighted by molar-refractivity contribution is 9.10.